The third kappa shape index (κ3) is 5.52. The molecule has 1 unspecified atom stereocenters. The Balaban J connectivity index is 1.74. The first-order chi connectivity index (χ1) is 14.9. The van der Waals surface area contributed by atoms with Crippen LogP contribution in [0.15, 0.2) is 52.1 Å². The van der Waals surface area contributed by atoms with Crippen molar-refractivity contribution in [2.75, 3.05) is 6.26 Å². The molecule has 0 bridgehead atoms. The molecule has 7 nitrogen and oxygen atoms in total. The summed E-state index contributed by atoms with van der Waals surface area (Å²) in [6, 6.07) is 10.9. The molecule has 0 spiro atoms. The summed E-state index contributed by atoms with van der Waals surface area (Å²) in [7, 11) is 0. The van der Waals surface area contributed by atoms with Gasteiger partial charge in [-0.05, 0) is 56.4 Å². The summed E-state index contributed by atoms with van der Waals surface area (Å²) in [5, 5.41) is 6.45. The summed E-state index contributed by atoms with van der Waals surface area (Å²) >= 11 is 1.38. The first-order valence-electron chi connectivity index (χ1n) is 10.1. The number of nitrogens with zero attached hydrogens (tertiary/aromatic N) is 2. The number of benzene rings is 1. The lowest BCUT2D eigenvalue weighted by Crippen LogP contribution is -2.32. The smallest absolute Gasteiger partial charge is 0.256 e. The van der Waals surface area contributed by atoms with Crippen molar-refractivity contribution in [1.82, 2.24) is 20.6 Å². The van der Waals surface area contributed by atoms with Gasteiger partial charge in [0.2, 0.25) is 0 Å². The zero-order chi connectivity index (χ0) is 22.4. The Kier molecular flexibility index (Phi) is 7.46. The lowest BCUT2D eigenvalue weighted by molar-refractivity contribution is 0.0935. The molecule has 0 aliphatic heterocycles. The van der Waals surface area contributed by atoms with Gasteiger partial charge in [-0.3, -0.25) is 9.59 Å². The van der Waals surface area contributed by atoms with Gasteiger partial charge in [0, 0.05) is 18.2 Å². The van der Waals surface area contributed by atoms with Crippen molar-refractivity contribution in [3.05, 3.63) is 65.0 Å². The summed E-state index contributed by atoms with van der Waals surface area (Å²) in [6.45, 7) is 6.05. The first kappa shape index (κ1) is 22.6. The Morgan fingerprint density at radius 3 is 2.65 bits per heavy atom. The highest BCUT2D eigenvalue weighted by Gasteiger charge is 2.20. The van der Waals surface area contributed by atoms with Crippen LogP contribution in [0.1, 0.15) is 52.2 Å². The normalized spacial score (nSPS) is 11.7. The van der Waals surface area contributed by atoms with E-state index < -0.39 is 0 Å². The summed E-state index contributed by atoms with van der Waals surface area (Å²) in [4.78, 5) is 34.2. The standard InChI is InChI=1S/C23H26N4O3S/c1-5-14(2)25-21(28)17-9-6-8-16(12-17)13-24-22(29)19-15(3)26-20(27-23(19)31-4)18-10-7-11-30-18/h6-12,14H,5,13H2,1-4H3,(H,24,29)(H,25,28). The van der Waals surface area contributed by atoms with Crippen molar-refractivity contribution in [3.63, 3.8) is 0 Å². The molecule has 2 N–H and O–H groups in total. The largest absolute Gasteiger partial charge is 0.461 e. The van der Waals surface area contributed by atoms with Gasteiger partial charge in [0.25, 0.3) is 11.8 Å². The van der Waals surface area contributed by atoms with Crippen molar-refractivity contribution >= 4 is 23.6 Å². The number of thioether (sulfide) groups is 1. The highest BCUT2D eigenvalue weighted by molar-refractivity contribution is 7.98. The van der Waals surface area contributed by atoms with Crippen LogP contribution in [0, 0.1) is 6.92 Å². The number of aromatic nitrogens is 2. The average molecular weight is 439 g/mol. The molecule has 3 rings (SSSR count). The molecule has 0 radical (unpaired) electrons. The van der Waals surface area contributed by atoms with Gasteiger partial charge in [-0.15, -0.1) is 11.8 Å². The molecule has 2 amide bonds. The summed E-state index contributed by atoms with van der Waals surface area (Å²) < 4.78 is 5.37. The third-order valence-corrected chi connectivity index (χ3v) is 5.53. The number of furan rings is 1. The minimum atomic E-state index is -0.262. The number of nitrogens with one attached hydrogen (secondary N) is 2. The van der Waals surface area contributed by atoms with Crippen molar-refractivity contribution in [2.45, 2.75) is 44.8 Å². The van der Waals surface area contributed by atoms with Crippen molar-refractivity contribution in [3.8, 4) is 11.6 Å². The van der Waals surface area contributed by atoms with Crippen LogP contribution in [-0.2, 0) is 6.54 Å². The highest BCUT2D eigenvalue weighted by atomic mass is 32.2. The van der Waals surface area contributed by atoms with Gasteiger partial charge in [0.15, 0.2) is 11.6 Å². The van der Waals surface area contributed by atoms with Gasteiger partial charge >= 0.3 is 0 Å². The zero-order valence-corrected chi connectivity index (χ0v) is 18.9. The number of rotatable bonds is 8. The van der Waals surface area contributed by atoms with E-state index in [1.165, 1.54) is 11.8 Å². The van der Waals surface area contributed by atoms with E-state index in [0.29, 0.717) is 33.4 Å². The van der Waals surface area contributed by atoms with Crippen LogP contribution in [-0.4, -0.2) is 34.1 Å². The van der Waals surface area contributed by atoms with Crippen LogP contribution >= 0.6 is 11.8 Å². The lowest BCUT2D eigenvalue weighted by atomic mass is 10.1. The molecule has 2 aromatic heterocycles. The fourth-order valence-electron chi connectivity index (χ4n) is 2.97. The topological polar surface area (TPSA) is 97.1 Å². The predicted octanol–water partition coefficient (Wildman–Crippen LogP) is 4.23. The van der Waals surface area contributed by atoms with Gasteiger partial charge < -0.3 is 15.1 Å². The van der Waals surface area contributed by atoms with Gasteiger partial charge in [-0.1, -0.05) is 19.1 Å². The molecule has 31 heavy (non-hydrogen) atoms. The number of carbonyl (C=O) groups excluding carboxylic acids is 2. The summed E-state index contributed by atoms with van der Waals surface area (Å²) in [6.07, 6.45) is 4.29. The van der Waals surface area contributed by atoms with Gasteiger partial charge in [-0.2, -0.15) is 0 Å². The van der Waals surface area contributed by atoms with Crippen molar-refractivity contribution in [1.29, 1.82) is 0 Å². The third-order valence-electron chi connectivity index (χ3n) is 4.85. The molecule has 3 aromatic rings. The van der Waals surface area contributed by atoms with E-state index in [-0.39, 0.29) is 24.4 Å². The van der Waals surface area contributed by atoms with Crippen molar-refractivity contribution in [2.24, 2.45) is 0 Å². The number of carbonyl (C=O) groups is 2. The van der Waals surface area contributed by atoms with E-state index >= 15 is 0 Å². The molecule has 0 saturated heterocycles. The fraction of sp³-hybridized carbons (Fsp3) is 0.304. The van der Waals surface area contributed by atoms with E-state index in [2.05, 4.69) is 20.6 Å². The number of hydrogen-bond acceptors (Lipinski definition) is 6. The van der Waals surface area contributed by atoms with E-state index in [9.17, 15) is 9.59 Å². The second-order valence-electron chi connectivity index (χ2n) is 7.16. The fourth-order valence-corrected chi connectivity index (χ4v) is 3.60. The van der Waals surface area contributed by atoms with Gasteiger partial charge in [-0.25, -0.2) is 9.97 Å². The van der Waals surface area contributed by atoms with E-state index in [1.54, 1.807) is 37.5 Å². The molecule has 0 saturated carbocycles. The van der Waals surface area contributed by atoms with Crippen molar-refractivity contribution < 1.29 is 14.0 Å². The number of amides is 2. The molecular weight excluding hydrogens is 412 g/mol. The Labute approximate surface area is 186 Å². The van der Waals surface area contributed by atoms with Crippen LogP contribution in [0.3, 0.4) is 0 Å². The van der Waals surface area contributed by atoms with E-state index in [0.717, 1.165) is 12.0 Å². The Bertz CT molecular complexity index is 1070. The second kappa shape index (κ2) is 10.3. The van der Waals surface area contributed by atoms with Gasteiger partial charge in [0.05, 0.1) is 17.5 Å². The van der Waals surface area contributed by atoms with Crippen LogP contribution < -0.4 is 10.6 Å². The Morgan fingerprint density at radius 2 is 1.97 bits per heavy atom. The Hall–Kier alpha value is -3.13. The minimum Gasteiger partial charge on any atom is -0.461 e. The lowest BCUT2D eigenvalue weighted by Gasteiger charge is -2.13. The maximum absolute atomic E-state index is 12.9. The van der Waals surface area contributed by atoms with Crippen LogP contribution in [0.5, 0.6) is 0 Å². The van der Waals surface area contributed by atoms with Crippen LogP contribution in [0.25, 0.3) is 11.6 Å². The van der Waals surface area contributed by atoms with Crippen LogP contribution in [0.2, 0.25) is 0 Å². The first-order valence-corrected chi connectivity index (χ1v) is 11.3. The predicted molar refractivity (Wildman–Crippen MR) is 121 cm³/mol. The molecule has 0 aliphatic rings. The maximum Gasteiger partial charge on any atom is 0.256 e. The quantitative estimate of drug-likeness (QED) is 0.404. The summed E-state index contributed by atoms with van der Waals surface area (Å²) in [5.74, 6) is 0.619. The minimum absolute atomic E-state index is 0.105. The second-order valence-corrected chi connectivity index (χ2v) is 7.95. The molecule has 1 atom stereocenters. The monoisotopic (exact) mass is 438 g/mol. The van der Waals surface area contributed by atoms with E-state index in [1.807, 2.05) is 32.2 Å². The molecule has 1 aromatic carbocycles. The molecule has 2 heterocycles. The number of aryl methyl sites for hydroxylation is 1. The highest BCUT2D eigenvalue weighted by Crippen LogP contribution is 2.25. The molecular formula is C23H26N4O3S. The SMILES string of the molecule is CCC(C)NC(=O)c1cccc(CNC(=O)c2c(C)nc(-c3ccco3)nc2SC)c1. The van der Waals surface area contributed by atoms with Crippen LogP contribution in [0.4, 0.5) is 0 Å². The molecule has 0 fully saturated rings. The average Bonchev–Trinajstić information content (AvgIpc) is 3.32. The zero-order valence-electron chi connectivity index (χ0n) is 18.1. The summed E-state index contributed by atoms with van der Waals surface area (Å²) in [5.41, 5.74) is 2.42. The molecule has 8 heteroatoms. The van der Waals surface area contributed by atoms with Gasteiger partial charge in [0.1, 0.15) is 5.03 Å². The van der Waals surface area contributed by atoms with E-state index in [4.69, 9.17) is 4.42 Å². The Morgan fingerprint density at radius 1 is 1.16 bits per heavy atom. The maximum atomic E-state index is 12.9. The molecule has 162 valence electrons. The molecule has 0 aliphatic carbocycles. The number of hydrogen-bond donors (Lipinski definition) is 2.